The summed E-state index contributed by atoms with van der Waals surface area (Å²) < 4.78 is 88.2. The first-order chi connectivity index (χ1) is 17.4. The zero-order chi connectivity index (χ0) is 26.8. The smallest absolute Gasteiger partial charge is 0.372 e. The summed E-state index contributed by atoms with van der Waals surface area (Å²) in [5, 5.41) is 0. The molecule has 2 fully saturated rings. The van der Waals surface area contributed by atoms with Gasteiger partial charge in [-0.15, -0.1) is 0 Å². The third-order valence-electron chi connectivity index (χ3n) is 7.35. The Morgan fingerprint density at radius 2 is 0.973 bits per heavy atom. The lowest BCUT2D eigenvalue weighted by Crippen LogP contribution is -2.18. The SMILES string of the molecule is O=C1CCC(c2ccc(COCc3ccc(C4CCC(=O)CC4)c(C(F)(F)F)c3)cc2C(F)(F)F)CC1. The van der Waals surface area contributed by atoms with Crippen LogP contribution in [0.4, 0.5) is 26.3 Å². The van der Waals surface area contributed by atoms with Gasteiger partial charge in [0.15, 0.2) is 0 Å². The summed E-state index contributed by atoms with van der Waals surface area (Å²) in [6.45, 7) is -0.388. The topological polar surface area (TPSA) is 43.4 Å². The van der Waals surface area contributed by atoms with Gasteiger partial charge in [0.05, 0.1) is 24.3 Å². The van der Waals surface area contributed by atoms with E-state index in [4.69, 9.17) is 4.74 Å². The minimum absolute atomic E-state index is 0.0605. The zero-order valence-electron chi connectivity index (χ0n) is 20.2. The molecule has 4 rings (SSSR count). The number of rotatable bonds is 6. The van der Waals surface area contributed by atoms with Gasteiger partial charge in [0.2, 0.25) is 0 Å². The van der Waals surface area contributed by atoms with Gasteiger partial charge in [0.1, 0.15) is 11.6 Å². The first-order valence-corrected chi connectivity index (χ1v) is 12.4. The second-order valence-electron chi connectivity index (χ2n) is 9.96. The highest BCUT2D eigenvalue weighted by atomic mass is 19.4. The lowest BCUT2D eigenvalue weighted by molar-refractivity contribution is -0.139. The van der Waals surface area contributed by atoms with Crippen LogP contribution in [0, 0.1) is 0 Å². The van der Waals surface area contributed by atoms with Crippen LogP contribution in [-0.2, 0) is 39.9 Å². The number of alkyl halides is 6. The number of carbonyl (C=O) groups excluding carboxylic acids is 2. The first-order valence-electron chi connectivity index (χ1n) is 12.4. The predicted octanol–water partition coefficient (Wildman–Crippen LogP) is 7.89. The van der Waals surface area contributed by atoms with Crippen molar-refractivity contribution < 1.29 is 40.7 Å². The zero-order valence-corrected chi connectivity index (χ0v) is 20.2. The van der Waals surface area contributed by atoms with Crippen molar-refractivity contribution in [1.29, 1.82) is 0 Å². The van der Waals surface area contributed by atoms with Crippen LogP contribution in [0.5, 0.6) is 0 Å². The van der Waals surface area contributed by atoms with E-state index in [0.717, 1.165) is 12.1 Å². The third kappa shape index (κ3) is 6.80. The van der Waals surface area contributed by atoms with Crippen molar-refractivity contribution in [2.75, 3.05) is 0 Å². The average Bonchev–Trinajstić information content (AvgIpc) is 2.84. The van der Waals surface area contributed by atoms with Crippen molar-refractivity contribution in [2.45, 2.75) is 88.8 Å². The molecule has 0 N–H and O–H groups in total. The summed E-state index contributed by atoms with van der Waals surface area (Å²) in [4.78, 5) is 23.0. The first kappa shape index (κ1) is 27.4. The van der Waals surface area contributed by atoms with Crippen LogP contribution in [0.1, 0.15) is 96.6 Å². The van der Waals surface area contributed by atoms with Crippen LogP contribution in [0.25, 0.3) is 0 Å². The Balaban J connectivity index is 1.46. The van der Waals surface area contributed by atoms with Crippen LogP contribution in [0.15, 0.2) is 36.4 Å². The predicted molar refractivity (Wildman–Crippen MR) is 124 cm³/mol. The molecule has 2 aromatic rings. The highest BCUT2D eigenvalue weighted by Crippen LogP contribution is 2.42. The maximum Gasteiger partial charge on any atom is 0.416 e. The molecule has 200 valence electrons. The van der Waals surface area contributed by atoms with Gasteiger partial charge < -0.3 is 4.74 Å². The van der Waals surface area contributed by atoms with E-state index in [1.165, 1.54) is 24.3 Å². The normalized spacial score (nSPS) is 18.4. The maximum absolute atomic E-state index is 13.8. The van der Waals surface area contributed by atoms with Crippen molar-refractivity contribution in [3.05, 3.63) is 69.8 Å². The number of ether oxygens (including phenoxy) is 1. The van der Waals surface area contributed by atoms with Crippen LogP contribution in [-0.4, -0.2) is 11.6 Å². The molecule has 0 spiro atoms. The summed E-state index contributed by atoms with van der Waals surface area (Å²) in [6.07, 6.45) is -6.55. The fourth-order valence-corrected chi connectivity index (χ4v) is 5.38. The number of hydrogen-bond acceptors (Lipinski definition) is 3. The van der Waals surface area contributed by atoms with Gasteiger partial charge in [0, 0.05) is 25.7 Å². The van der Waals surface area contributed by atoms with E-state index in [-0.39, 0.29) is 84.6 Å². The van der Waals surface area contributed by atoms with Crippen molar-refractivity contribution in [3.8, 4) is 0 Å². The molecule has 0 saturated heterocycles. The Morgan fingerprint density at radius 1 is 0.622 bits per heavy atom. The summed E-state index contributed by atoms with van der Waals surface area (Å²) in [5.74, 6) is -0.562. The molecule has 0 amide bonds. The maximum atomic E-state index is 13.8. The van der Waals surface area contributed by atoms with Gasteiger partial charge in [-0.1, -0.05) is 24.3 Å². The molecule has 9 heteroatoms. The van der Waals surface area contributed by atoms with Gasteiger partial charge in [-0.25, -0.2) is 0 Å². The van der Waals surface area contributed by atoms with E-state index in [0.29, 0.717) is 25.7 Å². The van der Waals surface area contributed by atoms with E-state index in [1.54, 1.807) is 0 Å². The molecule has 0 bridgehead atoms. The molecule has 0 heterocycles. The second kappa shape index (κ2) is 11.0. The molecule has 2 aliphatic rings. The molecule has 3 nitrogen and oxygen atoms in total. The Kier molecular flexibility index (Phi) is 8.11. The Bertz CT molecular complexity index is 1040. The molecule has 2 aromatic carbocycles. The molecule has 37 heavy (non-hydrogen) atoms. The average molecular weight is 527 g/mol. The minimum Gasteiger partial charge on any atom is -0.372 e. The number of ketones is 2. The molecule has 0 unspecified atom stereocenters. The third-order valence-corrected chi connectivity index (χ3v) is 7.35. The molecule has 0 atom stereocenters. The van der Waals surface area contributed by atoms with Gasteiger partial charge in [0.25, 0.3) is 0 Å². The molecule has 2 aliphatic carbocycles. The summed E-state index contributed by atoms with van der Waals surface area (Å²) in [6, 6.07) is 7.98. The van der Waals surface area contributed by atoms with E-state index in [9.17, 15) is 35.9 Å². The minimum atomic E-state index is -4.58. The Morgan fingerprint density at radius 3 is 1.30 bits per heavy atom. The Hall–Kier alpha value is -2.68. The highest BCUT2D eigenvalue weighted by molar-refractivity contribution is 5.79. The monoisotopic (exact) mass is 526 g/mol. The molecular weight excluding hydrogens is 498 g/mol. The lowest BCUT2D eigenvalue weighted by atomic mass is 9.81. The van der Waals surface area contributed by atoms with Gasteiger partial charge >= 0.3 is 12.4 Å². The van der Waals surface area contributed by atoms with E-state index in [1.807, 2.05) is 0 Å². The van der Waals surface area contributed by atoms with Gasteiger partial charge in [-0.2, -0.15) is 26.3 Å². The van der Waals surface area contributed by atoms with Crippen molar-refractivity contribution in [2.24, 2.45) is 0 Å². The van der Waals surface area contributed by atoms with E-state index >= 15 is 0 Å². The van der Waals surface area contributed by atoms with Gasteiger partial charge in [-0.3, -0.25) is 9.59 Å². The summed E-state index contributed by atoms with van der Waals surface area (Å²) in [7, 11) is 0. The van der Waals surface area contributed by atoms with E-state index in [2.05, 4.69) is 0 Å². The summed E-state index contributed by atoms with van der Waals surface area (Å²) >= 11 is 0. The summed E-state index contributed by atoms with van der Waals surface area (Å²) in [5.41, 5.74) is -0.660. The van der Waals surface area contributed by atoms with Crippen LogP contribution in [0.2, 0.25) is 0 Å². The Labute approximate surface area is 211 Å². The highest BCUT2D eigenvalue weighted by Gasteiger charge is 2.37. The van der Waals surface area contributed by atoms with Crippen molar-refractivity contribution in [3.63, 3.8) is 0 Å². The van der Waals surface area contributed by atoms with Crippen molar-refractivity contribution >= 4 is 11.6 Å². The number of halogens is 6. The second-order valence-corrected chi connectivity index (χ2v) is 9.96. The quantitative estimate of drug-likeness (QED) is 0.360. The number of hydrogen-bond donors (Lipinski definition) is 0. The fraction of sp³-hybridized carbons (Fsp3) is 0.500. The lowest BCUT2D eigenvalue weighted by Gasteiger charge is -2.25. The van der Waals surface area contributed by atoms with Crippen LogP contribution < -0.4 is 0 Å². The molecule has 0 radical (unpaired) electrons. The molecule has 2 saturated carbocycles. The number of benzene rings is 2. The number of carbonyl (C=O) groups is 2. The number of Topliss-reactive ketones (excluding diaryl/α,β-unsaturated/α-hetero) is 2. The van der Waals surface area contributed by atoms with Crippen LogP contribution in [0.3, 0.4) is 0 Å². The van der Waals surface area contributed by atoms with Crippen molar-refractivity contribution in [1.82, 2.24) is 0 Å². The van der Waals surface area contributed by atoms with E-state index < -0.39 is 23.5 Å². The van der Waals surface area contributed by atoms with Crippen LogP contribution >= 0.6 is 0 Å². The fourth-order valence-electron chi connectivity index (χ4n) is 5.38. The standard InChI is InChI=1S/C28H28F6O3/c29-27(30,31)25-13-17(1-11-23(25)19-3-7-21(35)8-4-19)15-37-16-18-2-12-24(26(14-18)28(32,33)34)20-5-9-22(36)10-6-20/h1-2,11-14,19-20H,3-10,15-16H2. The largest absolute Gasteiger partial charge is 0.416 e. The molecule has 0 aromatic heterocycles. The molecular formula is C28H28F6O3. The van der Waals surface area contributed by atoms with Gasteiger partial charge in [-0.05, 0) is 71.9 Å². The molecule has 0 aliphatic heterocycles.